The molecule has 26 heavy (non-hydrogen) atoms. The van der Waals surface area contributed by atoms with Crippen molar-refractivity contribution in [1.29, 1.82) is 0 Å². The van der Waals surface area contributed by atoms with Gasteiger partial charge in [0.1, 0.15) is 12.2 Å². The number of nitrogens with zero attached hydrogens (tertiary/aromatic N) is 5. The molecule has 0 aliphatic carbocycles. The molecule has 10 heteroatoms. The fourth-order valence-electron chi connectivity index (χ4n) is 3.60. The van der Waals surface area contributed by atoms with Gasteiger partial charge in [-0.3, -0.25) is 9.69 Å². The lowest BCUT2D eigenvalue weighted by Crippen LogP contribution is -2.52. The maximum Gasteiger partial charge on any atom is 0.271 e. The van der Waals surface area contributed by atoms with Crippen LogP contribution in [0.4, 0.5) is 20.4 Å². The van der Waals surface area contributed by atoms with E-state index in [9.17, 15) is 13.6 Å². The molecule has 1 atom stereocenters. The second-order valence-corrected chi connectivity index (χ2v) is 6.34. The van der Waals surface area contributed by atoms with Gasteiger partial charge in [-0.2, -0.15) is 4.98 Å². The molecule has 0 unspecified atom stereocenters. The highest BCUT2D eigenvalue weighted by Crippen LogP contribution is 2.42. The summed E-state index contributed by atoms with van der Waals surface area (Å²) in [6.07, 6.45) is 2.56. The van der Waals surface area contributed by atoms with Crippen LogP contribution in [0, 0.1) is 11.6 Å². The molecule has 1 saturated heterocycles. The lowest BCUT2D eigenvalue weighted by atomic mass is 9.99. The summed E-state index contributed by atoms with van der Waals surface area (Å²) in [4.78, 5) is 22.0. The molecule has 2 N–H and O–H groups in total. The number of halogens is 2. The highest BCUT2D eigenvalue weighted by atomic mass is 19.2. The van der Waals surface area contributed by atoms with E-state index in [1.54, 1.807) is 14.7 Å². The van der Waals surface area contributed by atoms with E-state index in [1.165, 1.54) is 6.07 Å². The van der Waals surface area contributed by atoms with Gasteiger partial charge in [0, 0.05) is 12.7 Å². The molecule has 1 amide bonds. The molecule has 5 rings (SSSR count). The van der Waals surface area contributed by atoms with Crippen molar-refractivity contribution in [2.45, 2.75) is 19.0 Å². The summed E-state index contributed by atoms with van der Waals surface area (Å²) in [6.45, 7) is 0.886. The van der Waals surface area contributed by atoms with Crippen molar-refractivity contribution in [3.63, 3.8) is 0 Å². The van der Waals surface area contributed by atoms with E-state index >= 15 is 0 Å². The number of amides is 1. The van der Waals surface area contributed by atoms with E-state index in [0.717, 1.165) is 18.2 Å². The first-order valence-electron chi connectivity index (χ1n) is 8.16. The highest BCUT2D eigenvalue weighted by molar-refractivity contribution is 6.02. The largest absolute Gasteiger partial charge is 0.336 e. The van der Waals surface area contributed by atoms with E-state index in [-0.39, 0.29) is 24.8 Å². The molecule has 1 aromatic heterocycles. The number of nitrogens with two attached hydrogens (primary N) is 1. The number of hydrogen-bond donors (Lipinski definition) is 1. The van der Waals surface area contributed by atoms with Gasteiger partial charge in [-0.25, -0.2) is 8.78 Å². The first-order valence-corrected chi connectivity index (χ1v) is 8.16. The Morgan fingerprint density at radius 1 is 1.35 bits per heavy atom. The average molecular weight is 360 g/mol. The van der Waals surface area contributed by atoms with Gasteiger partial charge in [-0.15, -0.1) is 0 Å². The smallest absolute Gasteiger partial charge is 0.271 e. The fourth-order valence-corrected chi connectivity index (χ4v) is 3.60. The molecule has 0 spiro atoms. The molecule has 0 bridgehead atoms. The third kappa shape index (κ3) is 1.93. The molecule has 3 aliphatic heterocycles. The lowest BCUT2D eigenvalue weighted by molar-refractivity contribution is 0.0535. The predicted molar refractivity (Wildman–Crippen MR) is 85.9 cm³/mol. The number of hydrogen-bond acceptors (Lipinski definition) is 7. The first-order chi connectivity index (χ1) is 12.6. The van der Waals surface area contributed by atoms with Crippen LogP contribution < -0.4 is 15.5 Å². The second kappa shape index (κ2) is 5.24. The Morgan fingerprint density at radius 2 is 2.19 bits per heavy atom. The summed E-state index contributed by atoms with van der Waals surface area (Å²) in [6, 6.07) is 2.27. The Labute approximate surface area is 146 Å². The molecule has 8 nitrogen and oxygen atoms in total. The van der Waals surface area contributed by atoms with Crippen LogP contribution in [0.5, 0.6) is 0 Å². The number of aromatic nitrogens is 2. The summed E-state index contributed by atoms with van der Waals surface area (Å²) in [5, 5.41) is 3.89. The van der Waals surface area contributed by atoms with Gasteiger partial charge < -0.3 is 20.1 Å². The zero-order valence-corrected chi connectivity index (χ0v) is 13.5. The molecule has 1 aromatic carbocycles. The van der Waals surface area contributed by atoms with E-state index in [1.807, 2.05) is 6.20 Å². The third-order valence-corrected chi connectivity index (χ3v) is 4.98. The minimum Gasteiger partial charge on any atom is -0.336 e. The first kappa shape index (κ1) is 15.3. The van der Waals surface area contributed by atoms with E-state index in [2.05, 4.69) is 10.1 Å². The van der Waals surface area contributed by atoms with Crippen LogP contribution in [0.3, 0.4) is 0 Å². The van der Waals surface area contributed by atoms with Crippen LogP contribution in [0.1, 0.15) is 22.7 Å². The van der Waals surface area contributed by atoms with Gasteiger partial charge in [0.05, 0.1) is 24.0 Å². The van der Waals surface area contributed by atoms with Crippen LogP contribution in [-0.4, -0.2) is 40.2 Å². The van der Waals surface area contributed by atoms with E-state index < -0.39 is 17.5 Å². The van der Waals surface area contributed by atoms with Crippen molar-refractivity contribution in [1.82, 2.24) is 15.0 Å². The van der Waals surface area contributed by atoms with Gasteiger partial charge in [0.2, 0.25) is 5.89 Å². The highest BCUT2D eigenvalue weighted by Gasteiger charge is 2.46. The van der Waals surface area contributed by atoms with Crippen molar-refractivity contribution in [3.05, 3.63) is 47.1 Å². The van der Waals surface area contributed by atoms with Crippen LogP contribution >= 0.6 is 0 Å². The minimum absolute atomic E-state index is 0.124. The zero-order valence-electron chi connectivity index (χ0n) is 13.5. The minimum atomic E-state index is -1.12. The lowest BCUT2D eigenvalue weighted by Gasteiger charge is -2.41. The quantitative estimate of drug-likeness (QED) is 0.859. The Kier molecular flexibility index (Phi) is 3.08. The van der Waals surface area contributed by atoms with Gasteiger partial charge in [0.25, 0.3) is 11.9 Å². The summed E-state index contributed by atoms with van der Waals surface area (Å²) in [5.41, 5.74) is 6.40. The van der Waals surface area contributed by atoms with Gasteiger partial charge in [-0.1, -0.05) is 0 Å². The van der Waals surface area contributed by atoms with Crippen molar-refractivity contribution in [2.75, 3.05) is 23.0 Å². The van der Waals surface area contributed by atoms with Crippen molar-refractivity contribution >= 4 is 17.5 Å². The number of carbonyl (C=O) groups excluding carboxylic acids is 1. The molecule has 0 saturated carbocycles. The SMILES string of the molecule is NCc1nc(N2C=C3[C@@H]4CCN4C(=O)c4c(ccc(F)c4F)N3C2)no1. The molecule has 134 valence electrons. The van der Waals surface area contributed by atoms with E-state index in [4.69, 9.17) is 10.3 Å². The Balaban J connectivity index is 1.62. The fraction of sp³-hybridized carbons (Fsp3) is 0.312. The summed E-state index contributed by atoms with van der Waals surface area (Å²) in [5.74, 6) is -2.02. The number of rotatable bonds is 2. The number of benzene rings is 1. The topological polar surface area (TPSA) is 91.7 Å². The van der Waals surface area contributed by atoms with Crippen LogP contribution in [0.2, 0.25) is 0 Å². The van der Waals surface area contributed by atoms with Gasteiger partial charge in [0.15, 0.2) is 11.6 Å². The Bertz CT molecular complexity index is 958. The summed E-state index contributed by atoms with van der Waals surface area (Å²) < 4.78 is 33.2. The third-order valence-electron chi connectivity index (χ3n) is 4.98. The molecule has 4 heterocycles. The number of fused-ring (bicyclic) bond motifs is 5. The van der Waals surface area contributed by atoms with Crippen molar-refractivity contribution in [3.8, 4) is 0 Å². The molecule has 0 radical (unpaired) electrons. The molecule has 2 aromatic rings. The molecular weight excluding hydrogens is 346 g/mol. The number of anilines is 2. The van der Waals surface area contributed by atoms with Crippen LogP contribution in [0.25, 0.3) is 0 Å². The van der Waals surface area contributed by atoms with Gasteiger partial charge >= 0.3 is 0 Å². The molecule has 1 fully saturated rings. The molecular formula is C16H14F2N6O2. The van der Waals surface area contributed by atoms with Crippen molar-refractivity contribution in [2.24, 2.45) is 5.73 Å². The summed E-state index contributed by atoms with van der Waals surface area (Å²) in [7, 11) is 0. The second-order valence-electron chi connectivity index (χ2n) is 6.34. The van der Waals surface area contributed by atoms with Crippen molar-refractivity contribution < 1.29 is 18.1 Å². The van der Waals surface area contributed by atoms with Gasteiger partial charge in [-0.05, 0) is 23.7 Å². The van der Waals surface area contributed by atoms with Crippen LogP contribution in [0.15, 0.2) is 28.6 Å². The average Bonchev–Trinajstić information content (AvgIpc) is 3.21. The Hall–Kier alpha value is -3.01. The monoisotopic (exact) mass is 360 g/mol. The zero-order chi connectivity index (χ0) is 18.0. The predicted octanol–water partition coefficient (Wildman–Crippen LogP) is 1.16. The number of carbonyl (C=O) groups is 1. The molecule has 3 aliphatic rings. The normalized spacial score (nSPS) is 21.0. The Morgan fingerprint density at radius 3 is 2.88 bits per heavy atom. The maximum atomic E-state index is 14.4. The van der Waals surface area contributed by atoms with E-state index in [0.29, 0.717) is 24.1 Å². The maximum absolute atomic E-state index is 14.4. The van der Waals surface area contributed by atoms with Crippen LogP contribution in [-0.2, 0) is 6.54 Å². The standard InChI is InChI=1S/C16H14F2N6O2/c17-8-1-2-10-13(14(8)18)15(25)23-4-3-9(23)11-6-22(7-24(10)11)16-20-12(5-19)26-21-16/h1-2,6,9H,3-5,7,19H2/t9-/m0/s1. The summed E-state index contributed by atoms with van der Waals surface area (Å²) >= 11 is 0.